The van der Waals surface area contributed by atoms with Crippen molar-refractivity contribution in [2.45, 2.75) is 63.6 Å². The number of nitrogens with two attached hydrogens (primary N) is 1. The van der Waals surface area contributed by atoms with Crippen LogP contribution in [0.15, 0.2) is 0 Å². The van der Waals surface area contributed by atoms with Crippen LogP contribution in [0.25, 0.3) is 0 Å². The molecule has 0 aromatic rings. The second-order valence-electron chi connectivity index (χ2n) is 6.58. The molecule has 0 aromatic carbocycles. The number of hydrogen-bond acceptors (Lipinski definition) is 2. The number of nitrogens with zero attached hydrogens (tertiary/aromatic N) is 1. The molecule has 2 aliphatic carbocycles. The number of rotatable bonds is 5. The summed E-state index contributed by atoms with van der Waals surface area (Å²) in [5.74, 6) is -0.386. The Balaban J connectivity index is 1.98. The lowest BCUT2D eigenvalue weighted by Gasteiger charge is -2.49. The van der Waals surface area contributed by atoms with E-state index in [0.717, 1.165) is 19.0 Å². The molecule has 0 aliphatic heterocycles. The molecule has 0 unspecified atom stereocenters. The minimum absolute atomic E-state index is 0.188. The van der Waals surface area contributed by atoms with Crippen LogP contribution in [0, 0.1) is 11.8 Å². The molecule has 5 heteroatoms. The van der Waals surface area contributed by atoms with Gasteiger partial charge in [-0.1, -0.05) is 13.3 Å². The highest BCUT2D eigenvalue weighted by Gasteiger charge is 2.47. The summed E-state index contributed by atoms with van der Waals surface area (Å²) in [7, 11) is 0. The lowest BCUT2D eigenvalue weighted by atomic mass is 9.74. The Bertz CT molecular complexity index is 305. The van der Waals surface area contributed by atoms with Crippen molar-refractivity contribution < 1.29 is 13.2 Å². The third-order valence-corrected chi connectivity index (χ3v) is 5.52. The topological polar surface area (TPSA) is 29.3 Å². The Morgan fingerprint density at radius 3 is 2.10 bits per heavy atom. The van der Waals surface area contributed by atoms with Gasteiger partial charge >= 0.3 is 6.18 Å². The van der Waals surface area contributed by atoms with Gasteiger partial charge in [-0.3, -0.25) is 4.90 Å². The maximum absolute atomic E-state index is 12.8. The molecule has 0 spiro atoms. The van der Waals surface area contributed by atoms with Crippen molar-refractivity contribution in [3.8, 4) is 0 Å². The van der Waals surface area contributed by atoms with E-state index in [1.165, 1.54) is 19.3 Å². The first-order valence-electron chi connectivity index (χ1n) is 7.93. The van der Waals surface area contributed by atoms with Gasteiger partial charge in [0.05, 0.1) is 5.92 Å². The lowest BCUT2D eigenvalue weighted by Crippen LogP contribution is -2.57. The SMILES string of the molecule is CCN(CC1CCC1)C1(CN)CCC(C(F)(F)F)CC1. The molecule has 0 aromatic heterocycles. The molecule has 20 heavy (non-hydrogen) atoms. The Labute approximate surface area is 119 Å². The molecule has 0 amide bonds. The average molecular weight is 292 g/mol. The van der Waals surface area contributed by atoms with Gasteiger partial charge in [0.2, 0.25) is 0 Å². The van der Waals surface area contributed by atoms with Crippen molar-refractivity contribution in [3.63, 3.8) is 0 Å². The van der Waals surface area contributed by atoms with Crippen LogP contribution in [-0.4, -0.2) is 36.2 Å². The first-order chi connectivity index (χ1) is 9.41. The van der Waals surface area contributed by atoms with Crippen LogP contribution < -0.4 is 5.73 Å². The Morgan fingerprint density at radius 2 is 1.75 bits per heavy atom. The largest absolute Gasteiger partial charge is 0.391 e. The van der Waals surface area contributed by atoms with Crippen LogP contribution in [-0.2, 0) is 0 Å². The molecule has 0 bridgehead atoms. The van der Waals surface area contributed by atoms with Crippen LogP contribution in [0.2, 0.25) is 0 Å². The molecule has 0 saturated heterocycles. The molecular weight excluding hydrogens is 265 g/mol. The zero-order valence-electron chi connectivity index (χ0n) is 12.4. The second kappa shape index (κ2) is 6.22. The molecule has 2 N–H and O–H groups in total. The average Bonchev–Trinajstić information content (AvgIpc) is 2.36. The molecule has 118 valence electrons. The van der Waals surface area contributed by atoms with E-state index in [4.69, 9.17) is 5.73 Å². The van der Waals surface area contributed by atoms with Crippen molar-refractivity contribution >= 4 is 0 Å². The Hall–Kier alpha value is -0.290. The minimum Gasteiger partial charge on any atom is -0.329 e. The highest BCUT2D eigenvalue weighted by atomic mass is 19.4. The fourth-order valence-corrected chi connectivity index (χ4v) is 3.78. The Morgan fingerprint density at radius 1 is 1.15 bits per heavy atom. The van der Waals surface area contributed by atoms with Gasteiger partial charge in [-0.2, -0.15) is 13.2 Å². The summed E-state index contributed by atoms with van der Waals surface area (Å²) in [6, 6.07) is 0. The first-order valence-corrected chi connectivity index (χ1v) is 7.93. The fraction of sp³-hybridized carbons (Fsp3) is 1.00. The molecule has 2 rings (SSSR count). The molecule has 0 heterocycles. The minimum atomic E-state index is -4.04. The van der Waals surface area contributed by atoms with Gasteiger partial charge in [-0.15, -0.1) is 0 Å². The van der Waals surface area contributed by atoms with Gasteiger partial charge < -0.3 is 5.73 Å². The van der Waals surface area contributed by atoms with Gasteiger partial charge in [-0.05, 0) is 51.0 Å². The standard InChI is InChI=1S/C15H27F3N2/c1-2-20(10-12-4-3-5-12)14(11-19)8-6-13(7-9-14)15(16,17)18/h12-13H,2-11,19H2,1H3. The number of halogens is 3. The van der Waals surface area contributed by atoms with Crippen LogP contribution in [0.5, 0.6) is 0 Å². The van der Waals surface area contributed by atoms with Crippen LogP contribution in [0.3, 0.4) is 0 Å². The van der Waals surface area contributed by atoms with E-state index >= 15 is 0 Å². The summed E-state index contributed by atoms with van der Waals surface area (Å²) in [6.45, 7) is 4.50. The smallest absolute Gasteiger partial charge is 0.329 e. The van der Waals surface area contributed by atoms with Gasteiger partial charge in [0.25, 0.3) is 0 Å². The number of hydrogen-bond donors (Lipinski definition) is 1. The van der Waals surface area contributed by atoms with Gasteiger partial charge in [0.15, 0.2) is 0 Å². The highest BCUT2D eigenvalue weighted by molar-refractivity contribution is 4.97. The van der Waals surface area contributed by atoms with Crippen LogP contribution >= 0.6 is 0 Å². The van der Waals surface area contributed by atoms with E-state index in [-0.39, 0.29) is 18.4 Å². The van der Waals surface area contributed by atoms with E-state index in [1.807, 2.05) is 0 Å². The lowest BCUT2D eigenvalue weighted by molar-refractivity contribution is -0.188. The van der Waals surface area contributed by atoms with Crippen LogP contribution in [0.4, 0.5) is 13.2 Å². The monoisotopic (exact) mass is 292 g/mol. The van der Waals surface area contributed by atoms with Crippen LogP contribution in [0.1, 0.15) is 51.9 Å². The predicted octanol–water partition coefficient (Wildman–Crippen LogP) is 3.56. The molecular formula is C15H27F3N2. The van der Waals surface area contributed by atoms with E-state index < -0.39 is 12.1 Å². The zero-order chi connectivity index (χ0) is 14.8. The summed E-state index contributed by atoms with van der Waals surface area (Å²) in [4.78, 5) is 2.38. The maximum Gasteiger partial charge on any atom is 0.391 e. The second-order valence-corrected chi connectivity index (χ2v) is 6.58. The van der Waals surface area contributed by atoms with Crippen molar-refractivity contribution in [1.29, 1.82) is 0 Å². The summed E-state index contributed by atoms with van der Waals surface area (Å²) >= 11 is 0. The van der Waals surface area contributed by atoms with E-state index in [1.54, 1.807) is 0 Å². The molecule has 2 aliphatic rings. The first kappa shape index (κ1) is 16.1. The van der Waals surface area contributed by atoms with Crippen molar-refractivity contribution in [1.82, 2.24) is 4.90 Å². The van der Waals surface area contributed by atoms with Crippen molar-refractivity contribution in [3.05, 3.63) is 0 Å². The normalized spacial score (nSPS) is 32.4. The van der Waals surface area contributed by atoms with Crippen molar-refractivity contribution in [2.24, 2.45) is 17.6 Å². The van der Waals surface area contributed by atoms with E-state index in [9.17, 15) is 13.2 Å². The van der Waals surface area contributed by atoms with Gasteiger partial charge in [0.1, 0.15) is 0 Å². The molecule has 0 atom stereocenters. The number of likely N-dealkylation sites (N-methyl/N-ethyl adjacent to an activating group) is 1. The predicted molar refractivity (Wildman–Crippen MR) is 74.4 cm³/mol. The Kier molecular flexibility index (Phi) is 5.00. The summed E-state index contributed by atoms with van der Waals surface area (Å²) in [5.41, 5.74) is 5.79. The number of alkyl halides is 3. The maximum atomic E-state index is 12.8. The van der Waals surface area contributed by atoms with Gasteiger partial charge in [-0.25, -0.2) is 0 Å². The van der Waals surface area contributed by atoms with Crippen molar-refractivity contribution in [2.75, 3.05) is 19.6 Å². The van der Waals surface area contributed by atoms with E-state index in [0.29, 0.717) is 19.4 Å². The summed E-state index contributed by atoms with van der Waals surface area (Å²) in [6.07, 6.45) is 1.45. The fourth-order valence-electron chi connectivity index (χ4n) is 3.78. The van der Waals surface area contributed by atoms with E-state index in [2.05, 4.69) is 11.8 Å². The molecule has 2 fully saturated rings. The van der Waals surface area contributed by atoms with Gasteiger partial charge in [0, 0.05) is 18.6 Å². The quantitative estimate of drug-likeness (QED) is 0.839. The molecule has 0 radical (unpaired) electrons. The molecule has 2 saturated carbocycles. The third-order valence-electron chi connectivity index (χ3n) is 5.52. The zero-order valence-corrected chi connectivity index (χ0v) is 12.4. The molecule has 2 nitrogen and oxygen atoms in total. The third kappa shape index (κ3) is 3.30. The summed E-state index contributed by atoms with van der Waals surface area (Å²) in [5, 5.41) is 0. The highest BCUT2D eigenvalue weighted by Crippen LogP contribution is 2.43. The summed E-state index contributed by atoms with van der Waals surface area (Å²) < 4.78 is 38.4.